The number of fused-ring (bicyclic) bond motifs is 1. The number of nitrogens with one attached hydrogen (secondary N) is 1. The van der Waals surface area contributed by atoms with E-state index in [2.05, 4.69) is 11.4 Å². The lowest BCUT2D eigenvalue weighted by Crippen LogP contribution is -2.50. The Kier molecular flexibility index (Phi) is 7.17. The molecule has 0 radical (unpaired) electrons. The van der Waals surface area contributed by atoms with Gasteiger partial charge in [0.15, 0.2) is 0 Å². The number of hydrogen-bond donors (Lipinski definition) is 1. The summed E-state index contributed by atoms with van der Waals surface area (Å²) in [5.74, 6) is -0.174. The van der Waals surface area contributed by atoms with Crippen molar-refractivity contribution >= 4 is 43.9 Å². The number of nitriles is 1. The molecule has 1 fully saturated rings. The number of rotatable bonds is 5. The number of sulfonamides is 1. The number of piperazine rings is 1. The number of carbonyl (C=O) groups excluding carboxylic acids is 1. The van der Waals surface area contributed by atoms with E-state index in [0.29, 0.717) is 41.8 Å². The molecule has 1 aromatic heterocycles. The number of amides is 1. The Labute approximate surface area is 197 Å². The molecule has 1 aliphatic heterocycles. The first-order valence-corrected chi connectivity index (χ1v) is 13.3. The van der Waals surface area contributed by atoms with E-state index in [-0.39, 0.29) is 17.3 Å². The van der Waals surface area contributed by atoms with Crippen LogP contribution < -0.4 is 5.32 Å². The fourth-order valence-corrected chi connectivity index (χ4v) is 7.01. The number of nitrogens with zero attached hydrogens (tertiary/aromatic N) is 3. The molecule has 7 nitrogen and oxygen atoms in total. The first kappa shape index (κ1) is 23.2. The van der Waals surface area contributed by atoms with Crippen LogP contribution in [0.3, 0.4) is 0 Å². The van der Waals surface area contributed by atoms with Gasteiger partial charge in [-0.15, -0.1) is 11.3 Å². The summed E-state index contributed by atoms with van der Waals surface area (Å²) in [4.78, 5) is 16.0. The van der Waals surface area contributed by atoms with E-state index in [1.807, 2.05) is 4.90 Å². The van der Waals surface area contributed by atoms with Crippen LogP contribution in [0.25, 0.3) is 0 Å². The standard InChI is InChI=1S/C22H25ClN4O3S2/c23-16-6-8-17(9-7-16)32(29,30)27-12-10-26(11-13-27)15-21(28)25-22-19(14-24)18-4-2-1-3-5-20(18)31-22/h6-9H,1-5,10-13,15H2,(H,25,28). The van der Waals surface area contributed by atoms with E-state index in [1.54, 1.807) is 12.1 Å². The predicted molar refractivity (Wildman–Crippen MR) is 126 cm³/mol. The molecule has 170 valence electrons. The Hall–Kier alpha value is -1.96. The molecule has 1 aliphatic carbocycles. The van der Waals surface area contributed by atoms with Gasteiger partial charge in [0.25, 0.3) is 0 Å². The van der Waals surface area contributed by atoms with Gasteiger partial charge in [0, 0.05) is 36.1 Å². The normalized spacial score (nSPS) is 17.9. The summed E-state index contributed by atoms with van der Waals surface area (Å²) in [6, 6.07) is 8.42. The SMILES string of the molecule is N#Cc1c(NC(=O)CN2CCN(S(=O)(=O)c3ccc(Cl)cc3)CC2)sc2c1CCCCC2. The van der Waals surface area contributed by atoms with Gasteiger partial charge in [-0.25, -0.2) is 8.42 Å². The lowest BCUT2D eigenvalue weighted by atomic mass is 10.1. The van der Waals surface area contributed by atoms with Crippen LogP contribution in [0.2, 0.25) is 5.02 Å². The van der Waals surface area contributed by atoms with Crippen LogP contribution in [0.4, 0.5) is 5.00 Å². The van der Waals surface area contributed by atoms with Gasteiger partial charge >= 0.3 is 0 Å². The molecule has 0 spiro atoms. The van der Waals surface area contributed by atoms with Crippen LogP contribution in [-0.4, -0.2) is 56.3 Å². The van der Waals surface area contributed by atoms with E-state index in [1.165, 1.54) is 39.1 Å². The van der Waals surface area contributed by atoms with Gasteiger partial charge in [0.1, 0.15) is 11.1 Å². The van der Waals surface area contributed by atoms with Crippen LogP contribution in [0.1, 0.15) is 35.3 Å². The third kappa shape index (κ3) is 5.00. The third-order valence-corrected chi connectivity index (χ3v) is 9.31. The quantitative estimate of drug-likeness (QED) is 0.645. The fraction of sp³-hybridized carbons (Fsp3) is 0.455. The van der Waals surface area contributed by atoms with Crippen LogP contribution in [0.5, 0.6) is 0 Å². The molecule has 0 atom stereocenters. The molecular formula is C22H25ClN4O3S2. The zero-order chi connectivity index (χ0) is 22.7. The zero-order valence-corrected chi connectivity index (χ0v) is 20.0. The average molecular weight is 493 g/mol. The second-order valence-electron chi connectivity index (χ2n) is 8.06. The van der Waals surface area contributed by atoms with Crippen LogP contribution >= 0.6 is 22.9 Å². The smallest absolute Gasteiger partial charge is 0.243 e. The molecule has 4 rings (SSSR count). The topological polar surface area (TPSA) is 93.5 Å². The Morgan fingerprint density at radius 2 is 1.78 bits per heavy atom. The van der Waals surface area contributed by atoms with Crippen molar-refractivity contribution in [1.82, 2.24) is 9.21 Å². The monoisotopic (exact) mass is 492 g/mol. The summed E-state index contributed by atoms with van der Waals surface area (Å²) in [5.41, 5.74) is 1.71. The molecule has 10 heteroatoms. The van der Waals surface area contributed by atoms with E-state index in [4.69, 9.17) is 11.6 Å². The van der Waals surface area contributed by atoms with Gasteiger partial charge < -0.3 is 5.32 Å². The molecule has 0 saturated carbocycles. The van der Waals surface area contributed by atoms with Crippen molar-refractivity contribution in [3.8, 4) is 6.07 Å². The highest BCUT2D eigenvalue weighted by molar-refractivity contribution is 7.89. The Bertz CT molecular complexity index is 1130. The first-order chi connectivity index (χ1) is 15.4. The molecule has 1 amide bonds. The maximum atomic E-state index is 12.8. The van der Waals surface area contributed by atoms with Crippen molar-refractivity contribution in [2.75, 3.05) is 38.0 Å². The van der Waals surface area contributed by atoms with Crippen LogP contribution in [0.15, 0.2) is 29.2 Å². The van der Waals surface area contributed by atoms with E-state index in [9.17, 15) is 18.5 Å². The number of thiophene rings is 1. The average Bonchev–Trinajstić information content (AvgIpc) is 2.93. The summed E-state index contributed by atoms with van der Waals surface area (Å²) in [6.45, 7) is 1.73. The fourth-order valence-electron chi connectivity index (χ4n) is 4.20. The van der Waals surface area contributed by atoms with Crippen LogP contribution in [0, 0.1) is 11.3 Å². The maximum Gasteiger partial charge on any atom is 0.243 e. The van der Waals surface area contributed by atoms with Crippen molar-refractivity contribution < 1.29 is 13.2 Å². The lowest BCUT2D eigenvalue weighted by Gasteiger charge is -2.33. The Balaban J connectivity index is 1.34. The molecule has 2 aliphatic rings. The minimum absolute atomic E-state index is 0.169. The van der Waals surface area contributed by atoms with Crippen molar-refractivity contribution in [3.05, 3.63) is 45.3 Å². The number of benzene rings is 1. The minimum Gasteiger partial charge on any atom is -0.315 e. The number of carbonyl (C=O) groups is 1. The summed E-state index contributed by atoms with van der Waals surface area (Å²) in [7, 11) is -3.58. The zero-order valence-electron chi connectivity index (χ0n) is 17.6. The van der Waals surface area contributed by atoms with Crippen molar-refractivity contribution in [3.63, 3.8) is 0 Å². The maximum absolute atomic E-state index is 12.8. The van der Waals surface area contributed by atoms with E-state index < -0.39 is 10.0 Å². The highest BCUT2D eigenvalue weighted by Gasteiger charge is 2.29. The highest BCUT2D eigenvalue weighted by Crippen LogP contribution is 2.37. The molecule has 1 N–H and O–H groups in total. The van der Waals surface area contributed by atoms with Gasteiger partial charge in [-0.05, 0) is 55.5 Å². The number of hydrogen-bond acceptors (Lipinski definition) is 6. The van der Waals surface area contributed by atoms with Gasteiger partial charge in [0.2, 0.25) is 15.9 Å². The molecule has 0 bridgehead atoms. The molecule has 1 saturated heterocycles. The third-order valence-electron chi connectivity index (χ3n) is 5.94. The Morgan fingerprint density at radius 3 is 2.47 bits per heavy atom. The minimum atomic E-state index is -3.58. The molecule has 0 unspecified atom stereocenters. The first-order valence-electron chi connectivity index (χ1n) is 10.7. The molecule has 1 aromatic carbocycles. The van der Waals surface area contributed by atoms with Crippen LogP contribution in [-0.2, 0) is 27.7 Å². The number of anilines is 1. The van der Waals surface area contributed by atoms with E-state index >= 15 is 0 Å². The molecular weight excluding hydrogens is 468 g/mol. The Morgan fingerprint density at radius 1 is 1.09 bits per heavy atom. The molecule has 2 heterocycles. The summed E-state index contributed by atoms with van der Waals surface area (Å²) >= 11 is 7.38. The second kappa shape index (κ2) is 9.89. The summed E-state index contributed by atoms with van der Waals surface area (Å²) in [6.07, 6.45) is 5.24. The van der Waals surface area contributed by atoms with Gasteiger partial charge in [-0.3, -0.25) is 9.69 Å². The highest BCUT2D eigenvalue weighted by atomic mass is 35.5. The van der Waals surface area contributed by atoms with Gasteiger partial charge in [-0.1, -0.05) is 18.0 Å². The van der Waals surface area contributed by atoms with Crippen molar-refractivity contribution in [2.45, 2.75) is 37.0 Å². The summed E-state index contributed by atoms with van der Waals surface area (Å²) in [5, 5.41) is 13.7. The lowest BCUT2D eigenvalue weighted by molar-refractivity contribution is -0.117. The molecule has 2 aromatic rings. The summed E-state index contributed by atoms with van der Waals surface area (Å²) < 4.78 is 27.1. The van der Waals surface area contributed by atoms with Gasteiger partial charge in [-0.2, -0.15) is 9.57 Å². The molecule has 32 heavy (non-hydrogen) atoms. The largest absolute Gasteiger partial charge is 0.315 e. The van der Waals surface area contributed by atoms with E-state index in [0.717, 1.165) is 31.2 Å². The number of aryl methyl sites for hydroxylation is 1. The number of halogens is 1. The predicted octanol–water partition coefficient (Wildman–Crippen LogP) is 3.49. The van der Waals surface area contributed by atoms with Crippen molar-refractivity contribution in [1.29, 1.82) is 5.26 Å². The second-order valence-corrected chi connectivity index (χ2v) is 11.5. The van der Waals surface area contributed by atoms with Crippen molar-refractivity contribution in [2.24, 2.45) is 0 Å². The van der Waals surface area contributed by atoms with Gasteiger partial charge in [0.05, 0.1) is 17.0 Å².